The van der Waals surface area contributed by atoms with Crippen LogP contribution in [0.15, 0.2) is 12.7 Å². The minimum absolute atomic E-state index is 0.312. The van der Waals surface area contributed by atoms with Crippen LogP contribution in [0.4, 0.5) is 0 Å². The van der Waals surface area contributed by atoms with Crippen molar-refractivity contribution in [2.24, 2.45) is 5.92 Å². The molecule has 5 nitrogen and oxygen atoms in total. The smallest absolute Gasteiger partial charge is 0.163 e. The highest BCUT2D eigenvalue weighted by atomic mass is 16.7. The first-order valence-corrected chi connectivity index (χ1v) is 7.46. The molecule has 118 valence electrons. The number of aliphatic hydroxyl groups is 3. The Hall–Kier alpha value is -0.460. The van der Waals surface area contributed by atoms with Gasteiger partial charge in [0.15, 0.2) is 6.29 Å². The van der Waals surface area contributed by atoms with Gasteiger partial charge in [0, 0.05) is 12.5 Å². The van der Waals surface area contributed by atoms with Gasteiger partial charge < -0.3 is 24.8 Å². The Balaban J connectivity index is 2.23. The van der Waals surface area contributed by atoms with Gasteiger partial charge >= 0.3 is 0 Å². The highest BCUT2D eigenvalue weighted by Gasteiger charge is 2.42. The van der Waals surface area contributed by atoms with Gasteiger partial charge in [-0.15, -0.1) is 6.58 Å². The summed E-state index contributed by atoms with van der Waals surface area (Å²) in [6.07, 6.45) is 3.95. The molecule has 2 unspecified atom stereocenters. The summed E-state index contributed by atoms with van der Waals surface area (Å²) in [5.74, 6) is -0.312. The number of rotatable bonds is 9. The van der Waals surface area contributed by atoms with Crippen LogP contribution >= 0.6 is 0 Å². The van der Waals surface area contributed by atoms with Gasteiger partial charge in [0.1, 0.15) is 12.2 Å². The van der Waals surface area contributed by atoms with Crippen molar-refractivity contribution in [2.75, 3.05) is 13.2 Å². The summed E-state index contributed by atoms with van der Waals surface area (Å²) < 4.78 is 11.1. The Labute approximate surface area is 121 Å². The molecule has 0 aromatic carbocycles. The van der Waals surface area contributed by atoms with Crippen LogP contribution in [-0.2, 0) is 9.47 Å². The topological polar surface area (TPSA) is 79.2 Å². The predicted octanol–water partition coefficient (Wildman–Crippen LogP) is 1.21. The van der Waals surface area contributed by atoms with E-state index in [1.54, 1.807) is 6.92 Å². The Morgan fingerprint density at radius 3 is 2.50 bits per heavy atom. The van der Waals surface area contributed by atoms with E-state index in [1.165, 1.54) is 0 Å². The summed E-state index contributed by atoms with van der Waals surface area (Å²) in [6.45, 7) is 5.69. The van der Waals surface area contributed by atoms with Crippen molar-refractivity contribution in [1.82, 2.24) is 0 Å². The molecule has 0 aliphatic carbocycles. The summed E-state index contributed by atoms with van der Waals surface area (Å²) in [7, 11) is 0. The molecule has 0 spiro atoms. The van der Waals surface area contributed by atoms with Gasteiger partial charge in [-0.25, -0.2) is 0 Å². The highest BCUT2D eigenvalue weighted by molar-refractivity contribution is 4.86. The number of ether oxygens (including phenoxy) is 2. The molecule has 0 bridgehead atoms. The quantitative estimate of drug-likeness (QED) is 0.439. The summed E-state index contributed by atoms with van der Waals surface area (Å²) >= 11 is 0. The van der Waals surface area contributed by atoms with Gasteiger partial charge in [0.25, 0.3) is 0 Å². The van der Waals surface area contributed by atoms with Crippen LogP contribution in [0, 0.1) is 5.92 Å². The molecule has 0 radical (unpaired) electrons. The lowest BCUT2D eigenvalue weighted by Crippen LogP contribution is -2.55. The van der Waals surface area contributed by atoms with Crippen molar-refractivity contribution >= 4 is 0 Å². The maximum atomic E-state index is 9.89. The van der Waals surface area contributed by atoms with Crippen LogP contribution in [0.5, 0.6) is 0 Å². The van der Waals surface area contributed by atoms with Gasteiger partial charge in [-0.05, 0) is 19.3 Å². The van der Waals surface area contributed by atoms with Crippen LogP contribution in [0.1, 0.15) is 39.0 Å². The Bertz CT molecular complexity index is 269. The summed E-state index contributed by atoms with van der Waals surface area (Å²) in [5.41, 5.74) is 0. The monoisotopic (exact) mass is 288 g/mol. The molecule has 20 heavy (non-hydrogen) atoms. The van der Waals surface area contributed by atoms with Crippen molar-refractivity contribution in [3.8, 4) is 0 Å². The van der Waals surface area contributed by atoms with Gasteiger partial charge in [-0.3, -0.25) is 0 Å². The Morgan fingerprint density at radius 2 is 1.85 bits per heavy atom. The summed E-state index contributed by atoms with van der Waals surface area (Å²) in [6, 6.07) is 0. The van der Waals surface area contributed by atoms with Crippen molar-refractivity contribution in [3.63, 3.8) is 0 Å². The first-order valence-electron chi connectivity index (χ1n) is 7.46. The van der Waals surface area contributed by atoms with Gasteiger partial charge in [-0.1, -0.05) is 25.8 Å². The zero-order valence-electron chi connectivity index (χ0n) is 12.3. The van der Waals surface area contributed by atoms with E-state index in [0.717, 1.165) is 32.1 Å². The molecule has 1 aliphatic heterocycles. The lowest BCUT2D eigenvalue weighted by atomic mass is 9.92. The minimum Gasteiger partial charge on any atom is -0.394 e. The number of unbranched alkanes of at least 4 members (excludes halogenated alkanes) is 4. The number of aliphatic hydroxyl groups excluding tert-OH is 3. The summed E-state index contributed by atoms with van der Waals surface area (Å²) in [5, 5.41) is 28.7. The van der Waals surface area contributed by atoms with Crippen molar-refractivity contribution in [2.45, 2.75) is 63.6 Å². The average molecular weight is 288 g/mol. The van der Waals surface area contributed by atoms with Gasteiger partial charge in [-0.2, -0.15) is 0 Å². The normalized spacial score (nSPS) is 34.1. The molecule has 3 N–H and O–H groups in total. The predicted molar refractivity (Wildman–Crippen MR) is 76.2 cm³/mol. The zero-order valence-corrected chi connectivity index (χ0v) is 12.3. The van der Waals surface area contributed by atoms with E-state index in [2.05, 4.69) is 6.58 Å². The minimum atomic E-state index is -1.06. The third kappa shape index (κ3) is 5.14. The van der Waals surface area contributed by atoms with E-state index in [1.807, 2.05) is 6.08 Å². The van der Waals surface area contributed by atoms with Gasteiger partial charge in [0.05, 0.1) is 12.7 Å². The largest absolute Gasteiger partial charge is 0.394 e. The SMILES string of the molecule is C=CCCCCCCO[C@@H]1OC(CO)[C@@H](O)[C@H](O)C1C. The summed E-state index contributed by atoms with van der Waals surface area (Å²) in [4.78, 5) is 0. The second-order valence-electron chi connectivity index (χ2n) is 5.43. The molecule has 0 aromatic rings. The molecule has 5 atom stereocenters. The van der Waals surface area contributed by atoms with Crippen LogP contribution < -0.4 is 0 Å². The lowest BCUT2D eigenvalue weighted by Gasteiger charge is -2.40. The molecule has 1 saturated heterocycles. The van der Waals surface area contributed by atoms with Crippen LogP contribution in [0.3, 0.4) is 0 Å². The molecular formula is C15H28O5. The van der Waals surface area contributed by atoms with Crippen LogP contribution in [0.2, 0.25) is 0 Å². The van der Waals surface area contributed by atoms with E-state index in [4.69, 9.17) is 14.6 Å². The standard InChI is InChI=1S/C15H28O5/c1-3-4-5-6-7-8-9-19-15-11(2)13(17)14(18)12(10-16)20-15/h3,11-18H,1,4-10H2,2H3/t11?,12?,13-,14-,15-/m1/s1. The van der Waals surface area contributed by atoms with E-state index in [9.17, 15) is 10.2 Å². The average Bonchev–Trinajstić information content (AvgIpc) is 2.46. The van der Waals surface area contributed by atoms with Crippen LogP contribution in [-0.4, -0.2) is 53.1 Å². The molecular weight excluding hydrogens is 260 g/mol. The molecule has 5 heteroatoms. The third-order valence-corrected chi connectivity index (χ3v) is 3.77. The maximum absolute atomic E-state index is 9.89. The second-order valence-corrected chi connectivity index (χ2v) is 5.43. The zero-order chi connectivity index (χ0) is 15.0. The number of allylic oxidation sites excluding steroid dienone is 1. The first-order chi connectivity index (χ1) is 9.61. The number of hydrogen-bond donors (Lipinski definition) is 3. The van der Waals surface area contributed by atoms with Gasteiger partial charge in [0.2, 0.25) is 0 Å². The fraction of sp³-hybridized carbons (Fsp3) is 0.867. The molecule has 1 fully saturated rings. The first kappa shape index (κ1) is 17.6. The highest BCUT2D eigenvalue weighted by Crippen LogP contribution is 2.26. The molecule has 0 aromatic heterocycles. The Kier molecular flexibility index (Phi) is 8.33. The molecule has 1 aliphatic rings. The molecule has 1 rings (SSSR count). The maximum Gasteiger partial charge on any atom is 0.163 e. The van der Waals surface area contributed by atoms with E-state index < -0.39 is 24.6 Å². The molecule has 0 saturated carbocycles. The fourth-order valence-corrected chi connectivity index (χ4v) is 2.35. The number of hydrogen-bond acceptors (Lipinski definition) is 5. The Morgan fingerprint density at radius 1 is 1.15 bits per heavy atom. The van der Waals surface area contributed by atoms with E-state index in [-0.39, 0.29) is 12.5 Å². The van der Waals surface area contributed by atoms with Crippen molar-refractivity contribution < 1.29 is 24.8 Å². The third-order valence-electron chi connectivity index (χ3n) is 3.77. The molecule has 0 amide bonds. The van der Waals surface area contributed by atoms with Crippen molar-refractivity contribution in [3.05, 3.63) is 12.7 Å². The fourth-order valence-electron chi connectivity index (χ4n) is 2.35. The van der Waals surface area contributed by atoms with E-state index in [0.29, 0.717) is 6.61 Å². The van der Waals surface area contributed by atoms with Crippen LogP contribution in [0.25, 0.3) is 0 Å². The van der Waals surface area contributed by atoms with E-state index >= 15 is 0 Å². The second kappa shape index (κ2) is 9.47. The lowest BCUT2D eigenvalue weighted by molar-refractivity contribution is -0.282. The van der Waals surface area contributed by atoms with Crippen molar-refractivity contribution in [1.29, 1.82) is 0 Å². The molecule has 1 heterocycles.